The van der Waals surface area contributed by atoms with Gasteiger partial charge in [-0.1, -0.05) is 0 Å². The second-order valence-electron chi connectivity index (χ2n) is 3.05. The molecule has 0 saturated carbocycles. The quantitative estimate of drug-likeness (QED) is 0.567. The fourth-order valence-corrected chi connectivity index (χ4v) is 1.44. The molecule has 0 fully saturated rings. The van der Waals surface area contributed by atoms with E-state index in [1.165, 1.54) is 0 Å². The van der Waals surface area contributed by atoms with E-state index in [1.807, 2.05) is 0 Å². The molecule has 1 unspecified atom stereocenters. The van der Waals surface area contributed by atoms with Gasteiger partial charge in [0.25, 0.3) is 0 Å². The van der Waals surface area contributed by atoms with E-state index in [2.05, 4.69) is 42.3 Å². The molecule has 1 atom stereocenters. The maximum absolute atomic E-state index is 3.99. The molecule has 1 aliphatic heterocycles. The van der Waals surface area contributed by atoms with Gasteiger partial charge in [0, 0.05) is 13.0 Å². The molecular weight excluding hydrogens is 150 g/mol. The first-order valence-electron chi connectivity index (χ1n) is 4.07. The minimum atomic E-state index is 0.316. The van der Waals surface area contributed by atoms with E-state index in [9.17, 15) is 0 Å². The molecule has 0 amide bonds. The molecule has 66 valence electrons. The van der Waals surface area contributed by atoms with Crippen LogP contribution in [-0.2, 0) is 0 Å². The van der Waals surface area contributed by atoms with Gasteiger partial charge < -0.3 is 0 Å². The first-order chi connectivity index (χ1) is 5.70. The van der Waals surface area contributed by atoms with Crippen LogP contribution in [0.1, 0.15) is 13.3 Å². The van der Waals surface area contributed by atoms with Gasteiger partial charge in [-0.05, 0) is 27.4 Å². The van der Waals surface area contributed by atoms with Gasteiger partial charge >= 0.3 is 0 Å². The van der Waals surface area contributed by atoms with E-state index >= 15 is 0 Å². The first kappa shape index (κ1) is 9.13. The van der Waals surface area contributed by atoms with Crippen molar-refractivity contribution in [3.8, 4) is 0 Å². The molecular formula is C9H15N3. The zero-order chi connectivity index (χ0) is 9.14. The summed E-state index contributed by atoms with van der Waals surface area (Å²) in [6.07, 6.45) is 0.929. The smallest absolute Gasteiger partial charge is 0.0779 e. The molecule has 1 aliphatic rings. The van der Waals surface area contributed by atoms with Gasteiger partial charge in [-0.2, -0.15) is 0 Å². The Labute approximate surface area is 73.5 Å². The Bertz CT molecular complexity index is 230. The van der Waals surface area contributed by atoms with Crippen LogP contribution in [-0.4, -0.2) is 38.0 Å². The van der Waals surface area contributed by atoms with E-state index in [-0.39, 0.29) is 0 Å². The Kier molecular flexibility index (Phi) is 2.76. The predicted molar refractivity (Wildman–Crippen MR) is 52.8 cm³/mol. The summed E-state index contributed by atoms with van der Waals surface area (Å²) in [7, 11) is 2.08. The summed E-state index contributed by atoms with van der Waals surface area (Å²) in [6, 6.07) is 0.316. The summed E-state index contributed by atoms with van der Waals surface area (Å²) in [5.74, 6) is 0. The maximum Gasteiger partial charge on any atom is 0.0779 e. The molecule has 0 N–H and O–H groups in total. The summed E-state index contributed by atoms with van der Waals surface area (Å²) in [6.45, 7) is 10.2. The lowest BCUT2D eigenvalue weighted by molar-refractivity contribution is 0.270. The molecule has 1 heterocycles. The lowest BCUT2D eigenvalue weighted by atomic mass is 10.1. The molecule has 3 heteroatoms. The van der Waals surface area contributed by atoms with Crippen LogP contribution in [0.2, 0.25) is 0 Å². The van der Waals surface area contributed by atoms with Crippen molar-refractivity contribution in [2.24, 2.45) is 9.98 Å². The first-order valence-corrected chi connectivity index (χ1v) is 4.07. The molecule has 0 aromatic carbocycles. The van der Waals surface area contributed by atoms with Gasteiger partial charge in [-0.15, -0.1) is 0 Å². The fourth-order valence-electron chi connectivity index (χ4n) is 1.44. The van der Waals surface area contributed by atoms with Crippen LogP contribution in [0, 0.1) is 0 Å². The van der Waals surface area contributed by atoms with Crippen LogP contribution in [0.4, 0.5) is 0 Å². The zero-order valence-electron chi connectivity index (χ0n) is 7.75. The summed E-state index contributed by atoms with van der Waals surface area (Å²) < 4.78 is 0. The van der Waals surface area contributed by atoms with Gasteiger partial charge in [0.15, 0.2) is 0 Å². The summed E-state index contributed by atoms with van der Waals surface area (Å²) in [4.78, 5) is 10.2. The lowest BCUT2D eigenvalue weighted by Crippen LogP contribution is -2.35. The minimum absolute atomic E-state index is 0.316. The largest absolute Gasteiger partial charge is 0.298 e. The minimum Gasteiger partial charge on any atom is -0.298 e. The van der Waals surface area contributed by atoms with Gasteiger partial charge in [-0.3, -0.25) is 14.9 Å². The topological polar surface area (TPSA) is 28.0 Å². The van der Waals surface area contributed by atoms with E-state index in [4.69, 9.17) is 0 Å². The van der Waals surface area contributed by atoms with E-state index in [1.54, 1.807) is 0 Å². The van der Waals surface area contributed by atoms with Crippen LogP contribution in [0.25, 0.3) is 0 Å². The molecule has 0 saturated heterocycles. The van der Waals surface area contributed by atoms with Crippen LogP contribution in [0.15, 0.2) is 21.4 Å². The van der Waals surface area contributed by atoms with Crippen molar-refractivity contribution in [1.29, 1.82) is 0 Å². The summed E-state index contributed by atoms with van der Waals surface area (Å²) in [5.41, 5.74) is 1.97. The second-order valence-corrected chi connectivity index (χ2v) is 3.05. The SMILES string of the molecule is C=NC1=C(N=C)C(C)N(C)CC1. The van der Waals surface area contributed by atoms with Crippen molar-refractivity contribution in [3.63, 3.8) is 0 Å². The number of aliphatic imine (C=N–C) groups is 2. The third kappa shape index (κ3) is 1.46. The number of likely N-dealkylation sites (N-methyl/N-ethyl adjacent to an activating group) is 1. The zero-order valence-corrected chi connectivity index (χ0v) is 7.75. The Morgan fingerprint density at radius 2 is 2.08 bits per heavy atom. The van der Waals surface area contributed by atoms with Gasteiger partial charge in [0.05, 0.1) is 17.4 Å². The normalized spacial score (nSPS) is 25.7. The highest BCUT2D eigenvalue weighted by molar-refractivity contribution is 5.37. The van der Waals surface area contributed by atoms with Crippen molar-refractivity contribution in [2.75, 3.05) is 13.6 Å². The molecule has 12 heavy (non-hydrogen) atoms. The van der Waals surface area contributed by atoms with E-state index < -0.39 is 0 Å². The highest BCUT2D eigenvalue weighted by atomic mass is 15.2. The lowest BCUT2D eigenvalue weighted by Gasteiger charge is -2.30. The molecule has 3 nitrogen and oxygen atoms in total. The van der Waals surface area contributed by atoms with Gasteiger partial charge in [-0.25, -0.2) is 0 Å². The maximum atomic E-state index is 3.99. The second kappa shape index (κ2) is 3.63. The average molecular weight is 165 g/mol. The molecule has 0 bridgehead atoms. The van der Waals surface area contributed by atoms with Gasteiger partial charge in [0.2, 0.25) is 0 Å². The van der Waals surface area contributed by atoms with Crippen molar-refractivity contribution in [3.05, 3.63) is 11.4 Å². The number of hydrogen-bond acceptors (Lipinski definition) is 3. The van der Waals surface area contributed by atoms with Crippen LogP contribution >= 0.6 is 0 Å². The molecule has 0 radical (unpaired) electrons. The van der Waals surface area contributed by atoms with E-state index in [0.717, 1.165) is 24.4 Å². The standard InChI is InChI=1S/C9H15N3/c1-7-9(11-3)8(10-2)5-6-12(7)4/h7H,2-3,5-6H2,1,4H3. The van der Waals surface area contributed by atoms with Crippen molar-refractivity contribution in [1.82, 2.24) is 4.90 Å². The van der Waals surface area contributed by atoms with Crippen LogP contribution < -0.4 is 0 Å². The van der Waals surface area contributed by atoms with Crippen LogP contribution in [0.3, 0.4) is 0 Å². The van der Waals surface area contributed by atoms with Crippen LogP contribution in [0.5, 0.6) is 0 Å². The van der Waals surface area contributed by atoms with Crippen molar-refractivity contribution >= 4 is 13.4 Å². The Balaban J connectivity index is 2.98. The summed E-state index contributed by atoms with van der Waals surface area (Å²) >= 11 is 0. The molecule has 0 spiro atoms. The van der Waals surface area contributed by atoms with Gasteiger partial charge in [0.1, 0.15) is 0 Å². The molecule has 0 aromatic rings. The monoisotopic (exact) mass is 165 g/mol. The summed E-state index contributed by atoms with van der Waals surface area (Å²) in [5, 5.41) is 0. The Hall–Kier alpha value is -0.960. The third-order valence-corrected chi connectivity index (χ3v) is 2.42. The average Bonchev–Trinajstić information content (AvgIpc) is 2.09. The van der Waals surface area contributed by atoms with Crippen molar-refractivity contribution < 1.29 is 0 Å². The molecule has 0 aliphatic carbocycles. The Morgan fingerprint density at radius 3 is 2.58 bits per heavy atom. The molecule has 1 rings (SSSR count). The highest BCUT2D eigenvalue weighted by Gasteiger charge is 2.21. The highest BCUT2D eigenvalue weighted by Crippen LogP contribution is 2.23. The number of rotatable bonds is 2. The predicted octanol–water partition coefficient (Wildman–Crippen LogP) is 1.32. The third-order valence-electron chi connectivity index (χ3n) is 2.42. The van der Waals surface area contributed by atoms with Crippen molar-refractivity contribution in [2.45, 2.75) is 19.4 Å². The Morgan fingerprint density at radius 1 is 1.42 bits per heavy atom. The van der Waals surface area contributed by atoms with E-state index in [0.29, 0.717) is 6.04 Å². The number of hydrogen-bond donors (Lipinski definition) is 0. The molecule has 0 aromatic heterocycles. The number of nitrogens with zero attached hydrogens (tertiary/aromatic N) is 3. The fraction of sp³-hybridized carbons (Fsp3) is 0.556.